The van der Waals surface area contributed by atoms with Crippen molar-refractivity contribution in [3.8, 4) is 11.6 Å². The number of carbonyl (C=O) groups is 1. The zero-order valence-electron chi connectivity index (χ0n) is 21.2. The highest BCUT2D eigenvalue weighted by Crippen LogP contribution is 2.36. The Balaban J connectivity index is 1.05. The Morgan fingerprint density at radius 2 is 1.38 bits per heavy atom. The van der Waals surface area contributed by atoms with E-state index in [1.54, 1.807) is 21.8 Å². The molecule has 0 fully saturated rings. The van der Waals surface area contributed by atoms with Crippen molar-refractivity contribution in [2.24, 2.45) is 0 Å². The van der Waals surface area contributed by atoms with E-state index in [1.165, 1.54) is 37.9 Å². The van der Waals surface area contributed by atoms with Gasteiger partial charge in [-0.1, -0.05) is 54.6 Å². The molecule has 0 aliphatic carbocycles. The van der Waals surface area contributed by atoms with Crippen molar-refractivity contribution >= 4 is 38.3 Å². The van der Waals surface area contributed by atoms with Gasteiger partial charge in [0.05, 0.1) is 0 Å². The average Bonchev–Trinajstić information content (AvgIpc) is 3.71. The van der Waals surface area contributed by atoms with Crippen LogP contribution in [0.5, 0.6) is 0 Å². The lowest BCUT2D eigenvalue weighted by atomic mass is 9.90. The highest BCUT2D eigenvalue weighted by atomic mass is 16.5. The minimum Gasteiger partial charge on any atom is -0.461 e. The van der Waals surface area contributed by atoms with Crippen molar-refractivity contribution in [3.63, 3.8) is 0 Å². The van der Waals surface area contributed by atoms with Crippen LogP contribution < -0.4 is 0 Å². The Kier molecular flexibility index (Phi) is 5.74. The molecular weight excluding hydrogens is 486 g/mol. The fourth-order valence-corrected chi connectivity index (χ4v) is 5.35. The number of nitrogens with zero attached hydrogens (tertiary/aromatic N) is 5. The SMILES string of the molecule is O=C(CCCc1ccc2ccc3cccc4ccc1c2c34)OCc1cc(-n2cccn2)nc(-n2cccn2)c1. The maximum absolute atomic E-state index is 12.7. The molecule has 4 aromatic carbocycles. The van der Waals surface area contributed by atoms with Crippen LogP contribution in [0.15, 0.2) is 104 Å². The molecule has 7 heteroatoms. The smallest absolute Gasteiger partial charge is 0.306 e. The number of hydrogen-bond acceptors (Lipinski definition) is 5. The van der Waals surface area contributed by atoms with E-state index < -0.39 is 0 Å². The van der Waals surface area contributed by atoms with E-state index in [4.69, 9.17) is 4.74 Å². The summed E-state index contributed by atoms with van der Waals surface area (Å²) >= 11 is 0. The molecule has 0 radical (unpaired) electrons. The topological polar surface area (TPSA) is 74.8 Å². The summed E-state index contributed by atoms with van der Waals surface area (Å²) in [5.41, 5.74) is 2.08. The maximum atomic E-state index is 12.7. The summed E-state index contributed by atoms with van der Waals surface area (Å²) in [6.07, 6.45) is 8.92. The number of aryl methyl sites for hydroxylation is 1. The first-order valence-electron chi connectivity index (χ1n) is 13.0. The molecule has 0 saturated carbocycles. The standard InChI is InChI=1S/C32H25N5O2/c38-30(39-21-22-19-28(36-17-3-15-33-36)35-29(20-22)37-18-4-16-34-37)8-2-5-23-9-10-26-12-11-24-6-1-7-25-13-14-27(23)32(26)31(24)25/h1,3-4,6-7,9-20H,2,5,8,21H2. The fourth-order valence-electron chi connectivity index (χ4n) is 5.35. The van der Waals surface area contributed by atoms with Crippen molar-refractivity contribution in [2.75, 3.05) is 0 Å². The summed E-state index contributed by atoms with van der Waals surface area (Å²) in [5.74, 6) is 1.05. The molecule has 7 aromatic rings. The van der Waals surface area contributed by atoms with Gasteiger partial charge >= 0.3 is 5.97 Å². The van der Waals surface area contributed by atoms with Crippen LogP contribution in [-0.2, 0) is 22.6 Å². The fraction of sp³-hybridized carbons (Fsp3) is 0.125. The minimum atomic E-state index is -0.217. The van der Waals surface area contributed by atoms with Gasteiger partial charge in [0.25, 0.3) is 0 Å². The molecule has 0 spiro atoms. The molecule has 3 heterocycles. The maximum Gasteiger partial charge on any atom is 0.306 e. The third-order valence-electron chi connectivity index (χ3n) is 7.18. The number of benzene rings is 4. The zero-order chi connectivity index (χ0) is 26.2. The number of ether oxygens (including phenoxy) is 1. The number of aromatic nitrogens is 5. The Hall–Kier alpha value is -5.04. The Labute approximate surface area is 224 Å². The van der Waals surface area contributed by atoms with Gasteiger partial charge in [0.15, 0.2) is 11.6 Å². The van der Waals surface area contributed by atoms with Crippen molar-refractivity contribution in [3.05, 3.63) is 115 Å². The third kappa shape index (κ3) is 4.38. The van der Waals surface area contributed by atoms with Crippen molar-refractivity contribution in [2.45, 2.75) is 25.9 Å². The molecule has 0 bridgehead atoms. The third-order valence-corrected chi connectivity index (χ3v) is 7.18. The molecular formula is C32H25N5O2. The number of rotatable bonds is 8. The van der Waals surface area contributed by atoms with Crippen LogP contribution in [0, 0.1) is 0 Å². The highest BCUT2D eigenvalue weighted by Gasteiger charge is 2.13. The minimum absolute atomic E-state index is 0.155. The van der Waals surface area contributed by atoms with Gasteiger partial charge in [0, 0.05) is 31.2 Å². The van der Waals surface area contributed by atoms with Crippen molar-refractivity contribution in [1.29, 1.82) is 0 Å². The molecule has 39 heavy (non-hydrogen) atoms. The quantitative estimate of drug-likeness (QED) is 0.174. The molecule has 0 unspecified atom stereocenters. The number of pyridine rings is 1. The lowest BCUT2D eigenvalue weighted by Gasteiger charge is -2.14. The molecule has 0 N–H and O–H groups in total. The molecule has 0 atom stereocenters. The molecule has 7 nitrogen and oxygen atoms in total. The predicted molar refractivity (Wildman–Crippen MR) is 151 cm³/mol. The monoisotopic (exact) mass is 511 g/mol. The molecule has 0 saturated heterocycles. The van der Waals surface area contributed by atoms with Crippen LogP contribution in [0.4, 0.5) is 0 Å². The lowest BCUT2D eigenvalue weighted by Crippen LogP contribution is -2.09. The van der Waals surface area contributed by atoms with Crippen LogP contribution in [-0.4, -0.2) is 30.5 Å². The van der Waals surface area contributed by atoms with E-state index >= 15 is 0 Å². The Morgan fingerprint density at radius 3 is 2.05 bits per heavy atom. The van der Waals surface area contributed by atoms with Crippen LogP contribution in [0.25, 0.3) is 44.0 Å². The normalized spacial score (nSPS) is 11.6. The first-order chi connectivity index (χ1) is 19.2. The van der Waals surface area contributed by atoms with E-state index in [0.29, 0.717) is 18.1 Å². The van der Waals surface area contributed by atoms with Crippen LogP contribution in [0.1, 0.15) is 24.0 Å². The van der Waals surface area contributed by atoms with Crippen LogP contribution in [0.3, 0.4) is 0 Å². The number of esters is 1. The molecule has 0 aliphatic rings. The molecule has 7 rings (SSSR count). The van der Waals surface area contributed by atoms with E-state index in [1.807, 2.05) is 36.7 Å². The molecule has 0 aliphatic heterocycles. The number of hydrogen-bond donors (Lipinski definition) is 0. The summed E-state index contributed by atoms with van der Waals surface area (Å²) < 4.78 is 9.02. The Morgan fingerprint density at radius 1 is 0.744 bits per heavy atom. The second-order valence-electron chi connectivity index (χ2n) is 9.69. The van der Waals surface area contributed by atoms with Gasteiger partial charge in [0.1, 0.15) is 6.61 Å². The molecule has 3 aromatic heterocycles. The van der Waals surface area contributed by atoms with Crippen molar-refractivity contribution < 1.29 is 9.53 Å². The van der Waals surface area contributed by atoms with Gasteiger partial charge in [0.2, 0.25) is 0 Å². The van der Waals surface area contributed by atoms with Gasteiger partial charge in [-0.15, -0.1) is 0 Å². The molecule has 0 amide bonds. The van der Waals surface area contributed by atoms with Gasteiger partial charge in [-0.25, -0.2) is 14.3 Å². The summed E-state index contributed by atoms with van der Waals surface area (Å²) in [6, 6.07) is 27.1. The van der Waals surface area contributed by atoms with E-state index in [9.17, 15) is 4.79 Å². The van der Waals surface area contributed by atoms with Gasteiger partial charge < -0.3 is 4.74 Å². The molecule has 190 valence electrons. The van der Waals surface area contributed by atoms with Crippen LogP contribution >= 0.6 is 0 Å². The average molecular weight is 512 g/mol. The van der Waals surface area contributed by atoms with Crippen LogP contribution in [0.2, 0.25) is 0 Å². The van der Waals surface area contributed by atoms with Crippen molar-refractivity contribution in [1.82, 2.24) is 24.5 Å². The first kappa shape index (κ1) is 23.1. The lowest BCUT2D eigenvalue weighted by molar-refractivity contribution is -0.145. The summed E-state index contributed by atoms with van der Waals surface area (Å²) in [4.78, 5) is 17.3. The van der Waals surface area contributed by atoms with E-state index in [-0.39, 0.29) is 12.6 Å². The first-order valence-corrected chi connectivity index (χ1v) is 13.0. The summed E-state index contributed by atoms with van der Waals surface area (Å²) in [6.45, 7) is 0.155. The highest BCUT2D eigenvalue weighted by molar-refractivity contribution is 6.23. The predicted octanol–water partition coefficient (Wildman–Crippen LogP) is 6.42. The van der Waals surface area contributed by atoms with Gasteiger partial charge in [-0.3, -0.25) is 4.79 Å². The van der Waals surface area contributed by atoms with E-state index in [0.717, 1.165) is 18.4 Å². The largest absolute Gasteiger partial charge is 0.461 e. The zero-order valence-corrected chi connectivity index (χ0v) is 21.2. The summed E-state index contributed by atoms with van der Waals surface area (Å²) in [5, 5.41) is 16.2. The second kappa shape index (κ2) is 9.68. The Bertz CT molecular complexity index is 1840. The van der Waals surface area contributed by atoms with E-state index in [2.05, 4.69) is 69.8 Å². The van der Waals surface area contributed by atoms with Gasteiger partial charge in [-0.2, -0.15) is 10.2 Å². The second-order valence-corrected chi connectivity index (χ2v) is 9.69. The number of carbonyl (C=O) groups excluding carboxylic acids is 1. The summed E-state index contributed by atoms with van der Waals surface area (Å²) in [7, 11) is 0. The van der Waals surface area contributed by atoms with Gasteiger partial charge in [-0.05, 0) is 80.6 Å².